The molecule has 2 aliphatic heterocycles. The SMILES string of the molecule is N#Cc1cccc(C2(O)CC3CCC(C2)O3)n1. The van der Waals surface area contributed by atoms with Crippen LogP contribution in [0.3, 0.4) is 0 Å². The summed E-state index contributed by atoms with van der Waals surface area (Å²) in [5.41, 5.74) is 0.0447. The number of hydrogen-bond donors (Lipinski definition) is 1. The Morgan fingerprint density at radius 3 is 2.71 bits per heavy atom. The summed E-state index contributed by atoms with van der Waals surface area (Å²) in [5, 5.41) is 19.5. The van der Waals surface area contributed by atoms with Crippen molar-refractivity contribution >= 4 is 0 Å². The quantitative estimate of drug-likeness (QED) is 0.793. The molecular weight excluding hydrogens is 216 g/mol. The minimum absolute atomic E-state index is 0.145. The van der Waals surface area contributed by atoms with Crippen LogP contribution in [0, 0.1) is 11.3 Å². The van der Waals surface area contributed by atoms with Crippen LogP contribution in [-0.2, 0) is 10.3 Å². The van der Waals surface area contributed by atoms with Crippen LogP contribution in [0.2, 0.25) is 0 Å². The Kier molecular flexibility index (Phi) is 2.39. The Labute approximate surface area is 99.9 Å². The molecule has 2 unspecified atom stereocenters. The molecule has 0 aromatic carbocycles. The van der Waals surface area contributed by atoms with Gasteiger partial charge in [0.25, 0.3) is 0 Å². The molecule has 1 aromatic rings. The third-order valence-corrected chi connectivity index (χ3v) is 3.67. The predicted molar refractivity (Wildman–Crippen MR) is 60.0 cm³/mol. The highest BCUT2D eigenvalue weighted by molar-refractivity contribution is 5.25. The van der Waals surface area contributed by atoms with E-state index >= 15 is 0 Å². The molecule has 88 valence electrons. The molecule has 2 saturated heterocycles. The van der Waals surface area contributed by atoms with Crippen molar-refractivity contribution in [3.8, 4) is 6.07 Å². The molecule has 0 saturated carbocycles. The van der Waals surface area contributed by atoms with E-state index in [0.29, 0.717) is 24.2 Å². The van der Waals surface area contributed by atoms with Crippen LogP contribution in [0.25, 0.3) is 0 Å². The number of fused-ring (bicyclic) bond motifs is 2. The van der Waals surface area contributed by atoms with Crippen molar-refractivity contribution in [2.75, 3.05) is 0 Å². The maximum atomic E-state index is 10.7. The number of aromatic nitrogens is 1. The van der Waals surface area contributed by atoms with E-state index in [0.717, 1.165) is 12.8 Å². The Balaban J connectivity index is 1.94. The van der Waals surface area contributed by atoms with Gasteiger partial charge < -0.3 is 9.84 Å². The summed E-state index contributed by atoms with van der Waals surface area (Å²) < 4.78 is 5.72. The van der Waals surface area contributed by atoms with E-state index in [1.54, 1.807) is 18.2 Å². The maximum Gasteiger partial charge on any atom is 0.140 e. The summed E-state index contributed by atoms with van der Waals surface area (Å²) in [5.74, 6) is 0. The number of hydrogen-bond acceptors (Lipinski definition) is 4. The fourth-order valence-electron chi connectivity index (χ4n) is 2.88. The first-order valence-electron chi connectivity index (χ1n) is 5.95. The highest BCUT2D eigenvalue weighted by atomic mass is 16.5. The zero-order valence-electron chi connectivity index (χ0n) is 9.47. The first kappa shape index (κ1) is 10.7. The van der Waals surface area contributed by atoms with Gasteiger partial charge in [-0.15, -0.1) is 0 Å². The van der Waals surface area contributed by atoms with Gasteiger partial charge in [-0.3, -0.25) is 0 Å². The average Bonchev–Trinajstić information content (AvgIpc) is 2.69. The number of ether oxygens (including phenoxy) is 1. The lowest BCUT2D eigenvalue weighted by atomic mass is 9.86. The second-order valence-electron chi connectivity index (χ2n) is 4.92. The number of nitriles is 1. The van der Waals surface area contributed by atoms with Crippen LogP contribution in [0.5, 0.6) is 0 Å². The smallest absolute Gasteiger partial charge is 0.140 e. The molecule has 1 N–H and O–H groups in total. The first-order valence-corrected chi connectivity index (χ1v) is 5.95. The molecule has 2 bridgehead atoms. The van der Waals surface area contributed by atoms with Gasteiger partial charge in [-0.05, 0) is 25.0 Å². The Morgan fingerprint density at radius 2 is 2.06 bits per heavy atom. The Hall–Kier alpha value is -1.44. The minimum atomic E-state index is -0.920. The number of aliphatic hydroxyl groups is 1. The van der Waals surface area contributed by atoms with Gasteiger partial charge in [0.15, 0.2) is 0 Å². The van der Waals surface area contributed by atoms with Crippen LogP contribution in [-0.4, -0.2) is 22.3 Å². The summed E-state index contributed by atoms with van der Waals surface area (Å²) in [7, 11) is 0. The zero-order valence-corrected chi connectivity index (χ0v) is 9.47. The van der Waals surface area contributed by atoms with Crippen LogP contribution >= 0.6 is 0 Å². The second-order valence-corrected chi connectivity index (χ2v) is 4.92. The lowest BCUT2D eigenvalue weighted by molar-refractivity contribution is -0.117. The van der Waals surface area contributed by atoms with Gasteiger partial charge in [-0.25, -0.2) is 4.98 Å². The van der Waals surface area contributed by atoms with E-state index in [4.69, 9.17) is 10.00 Å². The van der Waals surface area contributed by atoms with Crippen molar-refractivity contribution in [3.63, 3.8) is 0 Å². The fourth-order valence-corrected chi connectivity index (χ4v) is 2.88. The van der Waals surface area contributed by atoms with Crippen LogP contribution in [0.15, 0.2) is 18.2 Å². The third kappa shape index (κ3) is 1.82. The summed E-state index contributed by atoms with van der Waals surface area (Å²) >= 11 is 0. The second kappa shape index (κ2) is 3.80. The van der Waals surface area contributed by atoms with E-state index in [9.17, 15) is 5.11 Å². The minimum Gasteiger partial charge on any atom is -0.383 e. The highest BCUT2D eigenvalue weighted by Gasteiger charge is 2.45. The van der Waals surface area contributed by atoms with Gasteiger partial charge in [0, 0.05) is 12.8 Å². The van der Waals surface area contributed by atoms with E-state index in [1.165, 1.54) is 0 Å². The number of rotatable bonds is 1. The zero-order chi connectivity index (χ0) is 11.9. The molecule has 0 spiro atoms. The van der Waals surface area contributed by atoms with Crippen molar-refractivity contribution in [2.45, 2.75) is 43.5 Å². The largest absolute Gasteiger partial charge is 0.383 e. The monoisotopic (exact) mass is 230 g/mol. The van der Waals surface area contributed by atoms with E-state index in [1.807, 2.05) is 6.07 Å². The summed E-state index contributed by atoms with van der Waals surface area (Å²) in [4.78, 5) is 4.22. The molecule has 17 heavy (non-hydrogen) atoms. The van der Waals surface area contributed by atoms with Gasteiger partial charge in [-0.1, -0.05) is 6.07 Å². The van der Waals surface area contributed by atoms with Gasteiger partial charge in [0.05, 0.1) is 17.9 Å². The maximum absolute atomic E-state index is 10.7. The fraction of sp³-hybridized carbons (Fsp3) is 0.538. The highest BCUT2D eigenvalue weighted by Crippen LogP contribution is 2.43. The molecule has 1 aromatic heterocycles. The molecule has 4 heteroatoms. The molecule has 4 nitrogen and oxygen atoms in total. The van der Waals surface area contributed by atoms with Crippen molar-refractivity contribution in [1.29, 1.82) is 5.26 Å². The van der Waals surface area contributed by atoms with E-state index < -0.39 is 5.60 Å². The molecular formula is C13H14N2O2. The molecule has 2 atom stereocenters. The van der Waals surface area contributed by atoms with Crippen LogP contribution < -0.4 is 0 Å². The standard InChI is InChI=1S/C13H14N2O2/c14-8-9-2-1-3-12(15-9)13(16)6-10-4-5-11(7-13)17-10/h1-3,10-11,16H,4-7H2. The van der Waals surface area contributed by atoms with Crippen molar-refractivity contribution in [2.24, 2.45) is 0 Å². The molecule has 2 aliphatic rings. The summed E-state index contributed by atoms with van der Waals surface area (Å²) in [6.07, 6.45) is 3.50. The van der Waals surface area contributed by atoms with Crippen molar-refractivity contribution in [3.05, 3.63) is 29.6 Å². The molecule has 2 fully saturated rings. The normalized spacial score (nSPS) is 35.5. The lowest BCUT2D eigenvalue weighted by Crippen LogP contribution is -2.39. The summed E-state index contributed by atoms with van der Waals surface area (Å²) in [6, 6.07) is 7.23. The van der Waals surface area contributed by atoms with Gasteiger partial charge in [0.2, 0.25) is 0 Å². The van der Waals surface area contributed by atoms with E-state index in [2.05, 4.69) is 4.98 Å². The Bertz CT molecular complexity index is 469. The molecule has 0 radical (unpaired) electrons. The van der Waals surface area contributed by atoms with Gasteiger partial charge >= 0.3 is 0 Å². The lowest BCUT2D eigenvalue weighted by Gasteiger charge is -2.35. The van der Waals surface area contributed by atoms with Crippen LogP contribution in [0.1, 0.15) is 37.1 Å². The molecule has 0 aliphatic carbocycles. The molecule has 3 rings (SSSR count). The average molecular weight is 230 g/mol. The Morgan fingerprint density at radius 1 is 1.35 bits per heavy atom. The van der Waals surface area contributed by atoms with Crippen molar-refractivity contribution < 1.29 is 9.84 Å². The summed E-state index contributed by atoms with van der Waals surface area (Å²) in [6.45, 7) is 0. The number of nitrogens with zero attached hydrogens (tertiary/aromatic N) is 2. The van der Waals surface area contributed by atoms with Gasteiger partial charge in [0.1, 0.15) is 17.4 Å². The van der Waals surface area contributed by atoms with Crippen LogP contribution in [0.4, 0.5) is 0 Å². The number of pyridine rings is 1. The molecule has 0 amide bonds. The third-order valence-electron chi connectivity index (χ3n) is 3.67. The van der Waals surface area contributed by atoms with Crippen molar-refractivity contribution in [1.82, 2.24) is 4.98 Å². The first-order chi connectivity index (χ1) is 8.19. The predicted octanol–water partition coefficient (Wildman–Crippen LogP) is 1.48. The molecule has 3 heterocycles. The van der Waals surface area contributed by atoms with E-state index in [-0.39, 0.29) is 12.2 Å². The topological polar surface area (TPSA) is 66.1 Å². The van der Waals surface area contributed by atoms with Gasteiger partial charge in [-0.2, -0.15) is 5.26 Å².